The first-order chi connectivity index (χ1) is 13.6. The molecule has 1 amide bonds. The molecule has 3 aromatic rings. The molecule has 0 fully saturated rings. The fourth-order valence-corrected chi connectivity index (χ4v) is 4.23. The van der Waals surface area contributed by atoms with E-state index in [1.54, 1.807) is 18.2 Å². The number of hydrogen-bond acceptors (Lipinski definition) is 7. The largest absolute Gasteiger partial charge is 0.356 e. The fraction of sp³-hybridized carbons (Fsp3) is 0.158. The molecule has 0 aliphatic heterocycles. The highest BCUT2D eigenvalue weighted by molar-refractivity contribution is 8.01. The van der Waals surface area contributed by atoms with E-state index in [0.29, 0.717) is 35.0 Å². The lowest BCUT2D eigenvalue weighted by atomic mass is 10.2. The van der Waals surface area contributed by atoms with Crippen LogP contribution in [0.15, 0.2) is 52.9 Å². The van der Waals surface area contributed by atoms with Gasteiger partial charge in [0.15, 0.2) is 4.34 Å². The minimum absolute atomic E-state index is 0.125. The summed E-state index contributed by atoms with van der Waals surface area (Å²) in [5, 5.41) is 24.2. The topological polar surface area (TPSA) is 90.7 Å². The molecule has 0 saturated carbocycles. The highest BCUT2D eigenvalue weighted by atomic mass is 35.5. The smallest absolute Gasteiger partial charge is 0.225 e. The van der Waals surface area contributed by atoms with Gasteiger partial charge in [0.1, 0.15) is 6.07 Å². The first-order valence-corrected chi connectivity index (χ1v) is 10.6. The molecular weight excluding hydrogens is 414 g/mol. The average molecular weight is 430 g/mol. The molecule has 0 radical (unpaired) electrons. The molecule has 9 heteroatoms. The number of thioether (sulfide) groups is 1. The van der Waals surface area contributed by atoms with Crippen LogP contribution in [-0.4, -0.2) is 21.9 Å². The van der Waals surface area contributed by atoms with Crippen molar-refractivity contribution in [2.24, 2.45) is 0 Å². The predicted molar refractivity (Wildman–Crippen MR) is 114 cm³/mol. The van der Waals surface area contributed by atoms with Gasteiger partial charge in [-0.25, -0.2) is 0 Å². The van der Waals surface area contributed by atoms with Crippen molar-refractivity contribution in [2.75, 3.05) is 16.4 Å². The molecule has 0 saturated heterocycles. The van der Waals surface area contributed by atoms with Crippen LogP contribution in [-0.2, 0) is 11.3 Å². The Morgan fingerprint density at radius 2 is 2.04 bits per heavy atom. The number of nitrogens with one attached hydrogen (secondary N) is 2. The van der Waals surface area contributed by atoms with Crippen molar-refractivity contribution >= 4 is 51.4 Å². The third kappa shape index (κ3) is 5.96. The third-order valence-electron chi connectivity index (χ3n) is 3.62. The van der Waals surface area contributed by atoms with Gasteiger partial charge in [0.25, 0.3) is 0 Å². The number of carbonyl (C=O) groups excluding carboxylic acids is 1. The Morgan fingerprint density at radius 1 is 1.21 bits per heavy atom. The Balaban J connectivity index is 1.41. The fourth-order valence-electron chi connectivity index (χ4n) is 2.25. The Morgan fingerprint density at radius 3 is 2.79 bits per heavy atom. The van der Waals surface area contributed by atoms with E-state index in [4.69, 9.17) is 16.9 Å². The van der Waals surface area contributed by atoms with Crippen LogP contribution < -0.4 is 10.6 Å². The van der Waals surface area contributed by atoms with Crippen molar-refractivity contribution in [1.29, 1.82) is 5.26 Å². The molecule has 0 spiro atoms. The second-order valence-corrected chi connectivity index (χ2v) is 8.39. The van der Waals surface area contributed by atoms with Crippen LogP contribution in [0.25, 0.3) is 0 Å². The van der Waals surface area contributed by atoms with Gasteiger partial charge in [0, 0.05) is 24.4 Å². The number of halogens is 1. The number of nitriles is 1. The van der Waals surface area contributed by atoms with Gasteiger partial charge in [-0.05, 0) is 23.8 Å². The third-order valence-corrected chi connectivity index (χ3v) is 5.95. The monoisotopic (exact) mass is 429 g/mol. The summed E-state index contributed by atoms with van der Waals surface area (Å²) in [6.07, 6.45) is 0.328. The molecule has 3 rings (SSSR count). The number of aromatic nitrogens is 2. The highest BCUT2D eigenvalue weighted by Gasteiger charge is 2.08. The van der Waals surface area contributed by atoms with Gasteiger partial charge in [0.05, 0.1) is 10.6 Å². The summed E-state index contributed by atoms with van der Waals surface area (Å²) >= 11 is 8.92. The van der Waals surface area contributed by atoms with Gasteiger partial charge < -0.3 is 10.6 Å². The van der Waals surface area contributed by atoms with Gasteiger partial charge >= 0.3 is 0 Å². The summed E-state index contributed by atoms with van der Waals surface area (Å²) in [5.74, 6) is 0.462. The molecule has 0 aliphatic rings. The summed E-state index contributed by atoms with van der Waals surface area (Å²) in [7, 11) is 0. The normalized spacial score (nSPS) is 10.3. The molecule has 0 unspecified atom stereocenters. The van der Waals surface area contributed by atoms with Crippen LogP contribution in [0.2, 0.25) is 5.02 Å². The lowest BCUT2D eigenvalue weighted by Gasteiger charge is -2.05. The lowest BCUT2D eigenvalue weighted by molar-refractivity contribution is -0.115. The van der Waals surface area contributed by atoms with E-state index < -0.39 is 0 Å². The van der Waals surface area contributed by atoms with E-state index in [2.05, 4.69) is 20.8 Å². The second kappa shape index (κ2) is 10.1. The molecule has 0 atom stereocenters. The van der Waals surface area contributed by atoms with Crippen LogP contribution >= 0.6 is 34.7 Å². The average Bonchev–Trinajstić information content (AvgIpc) is 3.15. The van der Waals surface area contributed by atoms with Gasteiger partial charge in [0.2, 0.25) is 11.0 Å². The zero-order valence-electron chi connectivity index (χ0n) is 14.7. The SMILES string of the molecule is N#Cc1ccc(NC(=O)CCSc2nnc(NCc3ccccc3)s2)cc1Cl. The molecule has 1 heterocycles. The molecule has 0 bridgehead atoms. The van der Waals surface area contributed by atoms with Crippen LogP contribution in [0.4, 0.5) is 10.8 Å². The standard InChI is InChI=1S/C19H16ClN5OS2/c20-16-10-15(7-6-14(16)11-21)23-17(26)8-9-27-19-25-24-18(28-19)22-12-13-4-2-1-3-5-13/h1-7,10H,8-9,12H2,(H,22,24)(H,23,26). The maximum Gasteiger partial charge on any atom is 0.225 e. The molecule has 28 heavy (non-hydrogen) atoms. The Kier molecular flexibility index (Phi) is 7.25. The molecule has 2 N–H and O–H groups in total. The Labute approximate surface area is 175 Å². The van der Waals surface area contributed by atoms with Crippen LogP contribution in [0.5, 0.6) is 0 Å². The molecule has 0 aliphatic carbocycles. The van der Waals surface area contributed by atoms with Crippen LogP contribution in [0.3, 0.4) is 0 Å². The van der Waals surface area contributed by atoms with Crippen LogP contribution in [0.1, 0.15) is 17.5 Å². The summed E-state index contributed by atoms with van der Waals surface area (Å²) in [6.45, 7) is 0.690. The quantitative estimate of drug-likeness (QED) is 0.500. The zero-order chi connectivity index (χ0) is 19.8. The van der Waals surface area contributed by atoms with Gasteiger partial charge in [-0.15, -0.1) is 10.2 Å². The van der Waals surface area contributed by atoms with Crippen molar-refractivity contribution in [2.45, 2.75) is 17.3 Å². The first-order valence-electron chi connectivity index (χ1n) is 8.37. The first kappa shape index (κ1) is 20.1. The molecular formula is C19H16ClN5OS2. The summed E-state index contributed by atoms with van der Waals surface area (Å²) in [4.78, 5) is 12.1. The number of carbonyl (C=O) groups is 1. The number of nitrogens with zero attached hydrogens (tertiary/aromatic N) is 3. The maximum absolute atomic E-state index is 12.1. The van der Waals surface area contributed by atoms with Gasteiger partial charge in [-0.3, -0.25) is 4.79 Å². The second-order valence-electron chi connectivity index (χ2n) is 5.67. The lowest BCUT2D eigenvalue weighted by Crippen LogP contribution is -2.12. The number of rotatable bonds is 8. The number of amides is 1. The number of anilines is 2. The summed E-state index contributed by atoms with van der Waals surface area (Å²) in [5.41, 5.74) is 2.12. The summed E-state index contributed by atoms with van der Waals surface area (Å²) in [6, 6.07) is 16.9. The predicted octanol–water partition coefficient (Wildman–Crippen LogP) is 4.80. The number of benzene rings is 2. The summed E-state index contributed by atoms with van der Waals surface area (Å²) < 4.78 is 0.810. The van der Waals surface area contributed by atoms with E-state index in [1.165, 1.54) is 28.7 Å². The zero-order valence-corrected chi connectivity index (χ0v) is 17.1. The highest BCUT2D eigenvalue weighted by Crippen LogP contribution is 2.26. The van der Waals surface area contributed by atoms with E-state index in [9.17, 15) is 4.79 Å². The van der Waals surface area contributed by atoms with Crippen molar-refractivity contribution in [1.82, 2.24) is 10.2 Å². The van der Waals surface area contributed by atoms with E-state index in [-0.39, 0.29) is 5.91 Å². The maximum atomic E-state index is 12.1. The van der Waals surface area contributed by atoms with Crippen molar-refractivity contribution in [3.05, 3.63) is 64.7 Å². The minimum atomic E-state index is -0.125. The van der Waals surface area contributed by atoms with E-state index >= 15 is 0 Å². The Bertz CT molecular complexity index is 987. The molecule has 2 aromatic carbocycles. The molecule has 142 valence electrons. The van der Waals surface area contributed by atoms with Gasteiger partial charge in [-0.1, -0.05) is 65.0 Å². The minimum Gasteiger partial charge on any atom is -0.356 e. The molecule has 6 nitrogen and oxygen atoms in total. The van der Waals surface area contributed by atoms with Crippen molar-refractivity contribution < 1.29 is 4.79 Å². The van der Waals surface area contributed by atoms with Crippen LogP contribution in [0, 0.1) is 11.3 Å². The Hall–Kier alpha value is -2.60. The number of hydrogen-bond donors (Lipinski definition) is 2. The van der Waals surface area contributed by atoms with E-state index in [0.717, 1.165) is 9.47 Å². The van der Waals surface area contributed by atoms with Gasteiger partial charge in [-0.2, -0.15) is 5.26 Å². The van der Waals surface area contributed by atoms with Crippen molar-refractivity contribution in [3.8, 4) is 6.07 Å². The van der Waals surface area contributed by atoms with Crippen molar-refractivity contribution in [3.63, 3.8) is 0 Å². The molecule has 1 aromatic heterocycles. The van der Waals surface area contributed by atoms with E-state index in [1.807, 2.05) is 36.4 Å².